The zero-order valence-corrected chi connectivity index (χ0v) is 16.1. The molecule has 0 atom stereocenters. The highest BCUT2D eigenvalue weighted by molar-refractivity contribution is 6.30. The molecule has 1 aromatic heterocycles. The molecule has 27 heavy (non-hydrogen) atoms. The summed E-state index contributed by atoms with van der Waals surface area (Å²) in [7, 11) is 0. The Kier molecular flexibility index (Phi) is 5.77. The van der Waals surface area contributed by atoms with E-state index in [0.717, 1.165) is 16.8 Å². The number of nitrogens with zero attached hydrogens (tertiary/aromatic N) is 2. The van der Waals surface area contributed by atoms with Gasteiger partial charge < -0.3 is 9.47 Å². The molecule has 0 bridgehead atoms. The molecule has 2 aromatic carbocycles. The average molecular weight is 381 g/mol. The Morgan fingerprint density at radius 2 is 1.85 bits per heavy atom. The van der Waals surface area contributed by atoms with E-state index in [2.05, 4.69) is 0 Å². The number of hydrogen-bond acceptors (Lipinski definition) is 2. The molecular weight excluding hydrogens is 360 g/mol. The van der Waals surface area contributed by atoms with Crippen LogP contribution in [0.3, 0.4) is 0 Å². The number of aromatic nitrogens is 1. The van der Waals surface area contributed by atoms with Gasteiger partial charge in [0.25, 0.3) is 11.5 Å². The molecule has 0 aliphatic carbocycles. The van der Waals surface area contributed by atoms with Crippen LogP contribution in [-0.2, 0) is 6.54 Å². The Bertz CT molecular complexity index is 1030. The van der Waals surface area contributed by atoms with Gasteiger partial charge in [-0.25, -0.2) is 0 Å². The van der Waals surface area contributed by atoms with E-state index in [4.69, 9.17) is 11.6 Å². The molecule has 0 aliphatic rings. The standard InChI is InChI=1S/C22H21ClN2O2/c1-3-25(20-9-4-6-16(2)12-20)22(27)18-10-11-21(26)24(15-18)14-17-7-5-8-19(23)13-17/h4-13,15H,3,14H2,1-2H3. The number of anilines is 1. The van der Waals surface area contributed by atoms with Crippen molar-refractivity contribution in [3.05, 3.63) is 98.9 Å². The van der Waals surface area contributed by atoms with E-state index in [1.54, 1.807) is 23.2 Å². The van der Waals surface area contributed by atoms with Crippen molar-refractivity contribution in [3.8, 4) is 0 Å². The third-order valence-corrected chi connectivity index (χ3v) is 4.58. The molecule has 1 heterocycles. The van der Waals surface area contributed by atoms with Gasteiger partial charge in [0.2, 0.25) is 0 Å². The van der Waals surface area contributed by atoms with Gasteiger partial charge in [-0.15, -0.1) is 0 Å². The first-order chi connectivity index (χ1) is 13.0. The molecule has 0 spiro atoms. The summed E-state index contributed by atoms with van der Waals surface area (Å²) in [5.41, 5.74) is 3.14. The van der Waals surface area contributed by atoms with E-state index >= 15 is 0 Å². The normalized spacial score (nSPS) is 10.6. The number of carbonyl (C=O) groups excluding carboxylic acids is 1. The highest BCUT2D eigenvalue weighted by Gasteiger charge is 2.17. The summed E-state index contributed by atoms with van der Waals surface area (Å²) in [5.74, 6) is -0.136. The molecule has 0 fully saturated rings. The molecule has 0 saturated carbocycles. The fourth-order valence-corrected chi connectivity index (χ4v) is 3.22. The van der Waals surface area contributed by atoms with Crippen molar-refractivity contribution in [2.75, 3.05) is 11.4 Å². The Hall–Kier alpha value is -2.85. The molecule has 3 aromatic rings. The summed E-state index contributed by atoms with van der Waals surface area (Å²) >= 11 is 6.03. The number of benzene rings is 2. The summed E-state index contributed by atoms with van der Waals surface area (Å²) in [6.07, 6.45) is 1.62. The van der Waals surface area contributed by atoms with Crippen LogP contribution in [0.25, 0.3) is 0 Å². The lowest BCUT2D eigenvalue weighted by molar-refractivity contribution is 0.0987. The first-order valence-corrected chi connectivity index (χ1v) is 9.19. The fourth-order valence-electron chi connectivity index (χ4n) is 3.01. The van der Waals surface area contributed by atoms with Crippen LogP contribution in [0.5, 0.6) is 0 Å². The molecule has 0 unspecified atom stereocenters. The van der Waals surface area contributed by atoms with Gasteiger partial charge in [0.15, 0.2) is 0 Å². The molecule has 0 aliphatic heterocycles. The maximum atomic E-state index is 13.0. The fraction of sp³-hybridized carbons (Fsp3) is 0.182. The quantitative estimate of drug-likeness (QED) is 0.652. The predicted octanol–water partition coefficient (Wildman–Crippen LogP) is 4.53. The van der Waals surface area contributed by atoms with Crippen molar-refractivity contribution in [1.29, 1.82) is 0 Å². The van der Waals surface area contributed by atoms with Crippen molar-refractivity contribution in [2.45, 2.75) is 20.4 Å². The highest BCUT2D eigenvalue weighted by atomic mass is 35.5. The number of amides is 1. The number of carbonyl (C=O) groups is 1. The SMILES string of the molecule is CCN(C(=O)c1ccc(=O)n(Cc2cccc(Cl)c2)c1)c1cccc(C)c1. The number of pyridine rings is 1. The zero-order valence-electron chi connectivity index (χ0n) is 15.4. The van der Waals surface area contributed by atoms with Gasteiger partial charge in [-0.2, -0.15) is 0 Å². The Balaban J connectivity index is 1.92. The lowest BCUT2D eigenvalue weighted by Crippen LogP contribution is -2.32. The van der Waals surface area contributed by atoms with Crippen LogP contribution in [0, 0.1) is 6.92 Å². The summed E-state index contributed by atoms with van der Waals surface area (Å²) in [4.78, 5) is 27.0. The molecule has 1 amide bonds. The molecule has 0 saturated heterocycles. The minimum absolute atomic E-state index is 0.136. The Morgan fingerprint density at radius 3 is 2.56 bits per heavy atom. The van der Waals surface area contributed by atoms with Gasteiger partial charge in [0, 0.05) is 29.5 Å². The Labute approximate surface area is 163 Å². The second-order valence-electron chi connectivity index (χ2n) is 6.40. The van der Waals surface area contributed by atoms with Gasteiger partial charge >= 0.3 is 0 Å². The summed E-state index contributed by atoms with van der Waals surface area (Å²) in [6, 6.07) is 18.2. The molecule has 138 valence electrons. The van der Waals surface area contributed by atoms with Crippen LogP contribution >= 0.6 is 11.6 Å². The zero-order chi connectivity index (χ0) is 19.4. The van der Waals surface area contributed by atoms with E-state index in [0.29, 0.717) is 23.7 Å². The van der Waals surface area contributed by atoms with Gasteiger partial charge in [0.1, 0.15) is 0 Å². The monoisotopic (exact) mass is 380 g/mol. The third kappa shape index (κ3) is 4.47. The summed E-state index contributed by atoms with van der Waals surface area (Å²) in [5, 5.41) is 0.615. The molecule has 4 nitrogen and oxygen atoms in total. The molecule has 3 rings (SSSR count). The predicted molar refractivity (Wildman–Crippen MR) is 110 cm³/mol. The van der Waals surface area contributed by atoms with Crippen molar-refractivity contribution in [2.24, 2.45) is 0 Å². The van der Waals surface area contributed by atoms with E-state index < -0.39 is 0 Å². The highest BCUT2D eigenvalue weighted by Crippen LogP contribution is 2.18. The number of rotatable bonds is 5. The van der Waals surface area contributed by atoms with Crippen molar-refractivity contribution in [3.63, 3.8) is 0 Å². The maximum absolute atomic E-state index is 13.0. The second-order valence-corrected chi connectivity index (χ2v) is 6.84. The smallest absolute Gasteiger partial charge is 0.259 e. The lowest BCUT2D eigenvalue weighted by Gasteiger charge is -2.22. The van der Waals surface area contributed by atoms with Crippen molar-refractivity contribution < 1.29 is 4.79 Å². The van der Waals surface area contributed by atoms with E-state index in [1.165, 1.54) is 10.6 Å². The van der Waals surface area contributed by atoms with Crippen molar-refractivity contribution in [1.82, 2.24) is 4.57 Å². The number of aryl methyl sites for hydroxylation is 1. The minimum atomic E-state index is -0.162. The van der Waals surface area contributed by atoms with E-state index in [1.807, 2.05) is 56.3 Å². The van der Waals surface area contributed by atoms with Crippen LogP contribution in [0.15, 0.2) is 71.7 Å². The van der Waals surface area contributed by atoms with Crippen LogP contribution in [0.1, 0.15) is 28.4 Å². The second kappa shape index (κ2) is 8.23. The van der Waals surface area contributed by atoms with Crippen LogP contribution in [0.2, 0.25) is 5.02 Å². The maximum Gasteiger partial charge on any atom is 0.259 e. The topological polar surface area (TPSA) is 42.3 Å². The average Bonchev–Trinajstić information content (AvgIpc) is 2.64. The summed E-state index contributed by atoms with van der Waals surface area (Å²) < 4.78 is 1.53. The van der Waals surface area contributed by atoms with Gasteiger partial charge in [-0.3, -0.25) is 9.59 Å². The van der Waals surface area contributed by atoms with Gasteiger partial charge in [0.05, 0.1) is 12.1 Å². The summed E-state index contributed by atoms with van der Waals surface area (Å²) in [6.45, 7) is 4.82. The van der Waals surface area contributed by atoms with Crippen LogP contribution in [0.4, 0.5) is 5.69 Å². The first-order valence-electron chi connectivity index (χ1n) is 8.81. The third-order valence-electron chi connectivity index (χ3n) is 4.35. The molecule has 0 N–H and O–H groups in total. The minimum Gasteiger partial charge on any atom is -0.310 e. The van der Waals surface area contributed by atoms with Gasteiger partial charge in [-0.05, 0) is 55.3 Å². The van der Waals surface area contributed by atoms with E-state index in [9.17, 15) is 9.59 Å². The van der Waals surface area contributed by atoms with Crippen molar-refractivity contribution >= 4 is 23.2 Å². The van der Waals surface area contributed by atoms with Crippen LogP contribution in [-0.4, -0.2) is 17.0 Å². The first kappa shape index (κ1) is 18.9. The molecule has 0 radical (unpaired) electrons. The van der Waals surface area contributed by atoms with Gasteiger partial charge in [-0.1, -0.05) is 35.9 Å². The Morgan fingerprint density at radius 1 is 1.07 bits per heavy atom. The van der Waals surface area contributed by atoms with Crippen LogP contribution < -0.4 is 10.5 Å². The van der Waals surface area contributed by atoms with E-state index in [-0.39, 0.29) is 11.5 Å². The largest absolute Gasteiger partial charge is 0.310 e. The number of halogens is 1. The molecule has 5 heteroatoms. The molecular formula is C22H21ClN2O2. The number of hydrogen-bond donors (Lipinski definition) is 0. The lowest BCUT2D eigenvalue weighted by atomic mass is 10.1.